The van der Waals surface area contributed by atoms with Crippen LogP contribution in [0.1, 0.15) is 57.1 Å². The molecule has 1 aromatic rings. The van der Waals surface area contributed by atoms with Gasteiger partial charge in [0.25, 0.3) is 0 Å². The lowest BCUT2D eigenvalue weighted by atomic mass is 9.49. The first-order chi connectivity index (χ1) is 9.72. The van der Waals surface area contributed by atoms with Crippen molar-refractivity contribution in [2.45, 2.75) is 51.5 Å². The third-order valence-corrected chi connectivity index (χ3v) is 6.25. The largest absolute Gasteiger partial charge is 0.310 e. The Morgan fingerprint density at radius 2 is 1.55 bits per heavy atom. The third-order valence-electron chi connectivity index (χ3n) is 6.25. The molecule has 108 valence electrons. The van der Waals surface area contributed by atoms with Crippen molar-refractivity contribution < 1.29 is 0 Å². The Balaban J connectivity index is 1.42. The van der Waals surface area contributed by atoms with Crippen molar-refractivity contribution in [2.24, 2.45) is 23.2 Å². The van der Waals surface area contributed by atoms with Crippen LogP contribution in [0.15, 0.2) is 30.3 Å². The highest BCUT2D eigenvalue weighted by Gasteiger charge is 2.50. The maximum Gasteiger partial charge on any atom is 0.0292 e. The lowest BCUT2D eigenvalue weighted by molar-refractivity contribution is -0.0523. The zero-order valence-electron chi connectivity index (χ0n) is 12.6. The molecule has 5 rings (SSSR count). The minimum Gasteiger partial charge on any atom is -0.310 e. The van der Waals surface area contributed by atoms with E-state index < -0.39 is 0 Å². The molecule has 0 aromatic heterocycles. The van der Waals surface area contributed by atoms with Gasteiger partial charge in [-0.2, -0.15) is 0 Å². The summed E-state index contributed by atoms with van der Waals surface area (Å²) in [5.41, 5.74) is 2.08. The van der Waals surface area contributed by atoms with E-state index in [4.69, 9.17) is 0 Å². The Kier molecular flexibility index (Phi) is 3.14. The molecule has 0 heterocycles. The maximum atomic E-state index is 3.86. The van der Waals surface area contributed by atoms with Gasteiger partial charge in [-0.15, -0.1) is 0 Å². The average Bonchev–Trinajstić information content (AvgIpc) is 2.44. The quantitative estimate of drug-likeness (QED) is 0.845. The lowest BCUT2D eigenvalue weighted by Gasteiger charge is -2.57. The highest BCUT2D eigenvalue weighted by atomic mass is 14.9. The molecular weight excluding hydrogens is 242 g/mol. The fraction of sp³-hybridized carbons (Fsp3) is 0.684. The van der Waals surface area contributed by atoms with Crippen molar-refractivity contribution in [1.29, 1.82) is 0 Å². The molecule has 1 N–H and O–H groups in total. The van der Waals surface area contributed by atoms with Crippen molar-refractivity contribution >= 4 is 0 Å². The van der Waals surface area contributed by atoms with Crippen molar-refractivity contribution in [3.8, 4) is 0 Å². The van der Waals surface area contributed by atoms with Crippen molar-refractivity contribution in [2.75, 3.05) is 6.54 Å². The summed E-state index contributed by atoms with van der Waals surface area (Å²) in [4.78, 5) is 0. The maximum absolute atomic E-state index is 3.86. The second-order valence-electron chi connectivity index (χ2n) is 7.93. The van der Waals surface area contributed by atoms with E-state index in [2.05, 4.69) is 42.6 Å². The molecule has 4 aliphatic carbocycles. The third kappa shape index (κ3) is 2.30. The molecule has 4 fully saturated rings. The molecule has 1 nitrogen and oxygen atoms in total. The van der Waals surface area contributed by atoms with Gasteiger partial charge in [0.1, 0.15) is 0 Å². The average molecular weight is 269 g/mol. The molecule has 1 unspecified atom stereocenters. The van der Waals surface area contributed by atoms with Crippen molar-refractivity contribution in [3.05, 3.63) is 35.9 Å². The summed E-state index contributed by atoms with van der Waals surface area (Å²) in [6.07, 6.45) is 9.17. The van der Waals surface area contributed by atoms with Crippen molar-refractivity contribution in [1.82, 2.24) is 5.32 Å². The molecular formula is C19H27N. The monoisotopic (exact) mass is 269 g/mol. The summed E-state index contributed by atoms with van der Waals surface area (Å²) in [6, 6.07) is 11.4. The minimum absolute atomic E-state index is 0.490. The molecule has 0 saturated heterocycles. The van der Waals surface area contributed by atoms with E-state index in [1.807, 2.05) is 0 Å². The van der Waals surface area contributed by atoms with E-state index >= 15 is 0 Å². The molecule has 1 heteroatoms. The van der Waals surface area contributed by atoms with Crippen LogP contribution in [-0.4, -0.2) is 6.54 Å². The van der Waals surface area contributed by atoms with Crippen LogP contribution >= 0.6 is 0 Å². The van der Waals surface area contributed by atoms with Crippen LogP contribution in [-0.2, 0) is 0 Å². The minimum atomic E-state index is 0.490. The van der Waals surface area contributed by atoms with E-state index in [9.17, 15) is 0 Å². The van der Waals surface area contributed by atoms with Crippen LogP contribution in [0.4, 0.5) is 0 Å². The summed E-state index contributed by atoms with van der Waals surface area (Å²) >= 11 is 0. The van der Waals surface area contributed by atoms with Crippen LogP contribution in [0, 0.1) is 23.2 Å². The Hall–Kier alpha value is -0.820. The number of nitrogens with one attached hydrogen (secondary N) is 1. The molecule has 4 bridgehead atoms. The van der Waals surface area contributed by atoms with Gasteiger partial charge in [-0.25, -0.2) is 0 Å². The fourth-order valence-electron chi connectivity index (χ4n) is 5.74. The SMILES string of the molecule is CC(NCC12CC3CC(CC(C3)C1)C2)c1ccccc1. The number of hydrogen-bond donors (Lipinski definition) is 1. The molecule has 0 aliphatic heterocycles. The van der Waals surface area contributed by atoms with E-state index in [-0.39, 0.29) is 0 Å². The Morgan fingerprint density at radius 1 is 1.00 bits per heavy atom. The van der Waals surface area contributed by atoms with Crippen LogP contribution in [0.3, 0.4) is 0 Å². The number of rotatable bonds is 4. The Labute approximate surface area is 123 Å². The molecule has 1 aromatic carbocycles. The van der Waals surface area contributed by atoms with Gasteiger partial charge in [-0.1, -0.05) is 30.3 Å². The zero-order valence-corrected chi connectivity index (χ0v) is 12.6. The molecule has 0 radical (unpaired) electrons. The summed E-state index contributed by atoms with van der Waals surface area (Å²) in [5.74, 6) is 3.19. The van der Waals surface area contributed by atoms with Gasteiger partial charge in [0.2, 0.25) is 0 Å². The first kappa shape index (κ1) is 12.9. The lowest BCUT2D eigenvalue weighted by Crippen LogP contribution is -2.50. The van der Waals surface area contributed by atoms with E-state index in [0.29, 0.717) is 11.5 Å². The molecule has 0 amide bonds. The van der Waals surface area contributed by atoms with Crippen LogP contribution in [0.25, 0.3) is 0 Å². The van der Waals surface area contributed by atoms with Crippen LogP contribution < -0.4 is 5.32 Å². The van der Waals surface area contributed by atoms with E-state index in [1.165, 1.54) is 31.4 Å². The highest BCUT2D eigenvalue weighted by molar-refractivity contribution is 5.18. The molecule has 0 spiro atoms. The number of benzene rings is 1. The van der Waals surface area contributed by atoms with E-state index in [1.54, 1.807) is 19.3 Å². The number of hydrogen-bond acceptors (Lipinski definition) is 1. The normalized spacial score (nSPS) is 40.0. The van der Waals surface area contributed by atoms with Crippen LogP contribution in [0.2, 0.25) is 0 Å². The van der Waals surface area contributed by atoms with Crippen molar-refractivity contribution in [3.63, 3.8) is 0 Å². The summed E-state index contributed by atoms with van der Waals surface area (Å²) < 4.78 is 0. The molecule has 20 heavy (non-hydrogen) atoms. The van der Waals surface area contributed by atoms with Gasteiger partial charge in [-0.05, 0) is 74.2 Å². The Bertz CT molecular complexity index is 429. The standard InChI is InChI=1S/C19H27N/c1-14(18-5-3-2-4-6-18)20-13-19-10-15-7-16(11-19)9-17(8-15)12-19/h2-6,14-17,20H,7-13H2,1H3. The first-order valence-electron chi connectivity index (χ1n) is 8.51. The molecule has 4 saturated carbocycles. The second-order valence-corrected chi connectivity index (χ2v) is 7.93. The van der Waals surface area contributed by atoms with Gasteiger partial charge in [0.15, 0.2) is 0 Å². The summed E-state index contributed by atoms with van der Waals surface area (Å²) in [7, 11) is 0. The second kappa shape index (κ2) is 4.87. The molecule has 1 atom stereocenters. The predicted molar refractivity (Wildman–Crippen MR) is 83.5 cm³/mol. The van der Waals surface area contributed by atoms with Crippen LogP contribution in [0.5, 0.6) is 0 Å². The summed E-state index contributed by atoms with van der Waals surface area (Å²) in [5, 5.41) is 3.86. The predicted octanol–water partition coefficient (Wildman–Crippen LogP) is 4.55. The zero-order chi connectivity index (χ0) is 13.6. The van der Waals surface area contributed by atoms with Gasteiger partial charge in [0, 0.05) is 12.6 Å². The molecule has 4 aliphatic rings. The smallest absolute Gasteiger partial charge is 0.0292 e. The highest BCUT2D eigenvalue weighted by Crippen LogP contribution is 2.59. The van der Waals surface area contributed by atoms with Gasteiger partial charge in [-0.3, -0.25) is 0 Å². The van der Waals surface area contributed by atoms with Gasteiger partial charge < -0.3 is 5.32 Å². The van der Waals surface area contributed by atoms with Gasteiger partial charge in [0.05, 0.1) is 0 Å². The Morgan fingerprint density at radius 3 is 2.10 bits per heavy atom. The fourth-order valence-corrected chi connectivity index (χ4v) is 5.74. The first-order valence-corrected chi connectivity index (χ1v) is 8.51. The topological polar surface area (TPSA) is 12.0 Å². The summed E-state index contributed by atoms with van der Waals surface area (Å²) in [6.45, 7) is 3.56. The van der Waals surface area contributed by atoms with E-state index in [0.717, 1.165) is 17.8 Å². The van der Waals surface area contributed by atoms with Gasteiger partial charge >= 0.3 is 0 Å².